The highest BCUT2D eigenvalue weighted by Gasteiger charge is 2.02. The van der Waals surface area contributed by atoms with Crippen LogP contribution in [-0.2, 0) is 6.42 Å². The van der Waals surface area contributed by atoms with E-state index in [4.69, 9.17) is 10.3 Å². The molecule has 0 spiro atoms. The van der Waals surface area contributed by atoms with Crippen molar-refractivity contribution >= 4 is 11.5 Å². The fourth-order valence-electron chi connectivity index (χ4n) is 1.41. The first kappa shape index (κ1) is 11.4. The Morgan fingerprint density at radius 1 is 1.41 bits per heavy atom. The van der Waals surface area contributed by atoms with Crippen molar-refractivity contribution in [3.05, 3.63) is 29.5 Å². The third-order valence-corrected chi connectivity index (χ3v) is 2.38. The zero-order valence-corrected chi connectivity index (χ0v) is 9.90. The van der Waals surface area contributed by atoms with E-state index in [0.717, 1.165) is 11.4 Å². The third-order valence-electron chi connectivity index (χ3n) is 2.38. The van der Waals surface area contributed by atoms with Gasteiger partial charge in [0.1, 0.15) is 5.82 Å². The van der Waals surface area contributed by atoms with E-state index < -0.39 is 0 Å². The van der Waals surface area contributed by atoms with Crippen LogP contribution in [0.2, 0.25) is 0 Å². The number of pyridine rings is 1. The number of hydrogen-bond acceptors (Lipinski definition) is 6. The molecular formula is C11H15N5O. The van der Waals surface area contributed by atoms with Gasteiger partial charge in [-0.3, -0.25) is 0 Å². The van der Waals surface area contributed by atoms with E-state index in [-0.39, 0.29) is 0 Å². The van der Waals surface area contributed by atoms with Crippen molar-refractivity contribution in [3.8, 4) is 0 Å². The molecule has 0 aromatic carbocycles. The molecule has 2 heterocycles. The zero-order valence-electron chi connectivity index (χ0n) is 9.90. The van der Waals surface area contributed by atoms with Crippen LogP contribution in [0.4, 0.5) is 11.5 Å². The summed E-state index contributed by atoms with van der Waals surface area (Å²) in [5, 5.41) is 6.99. The van der Waals surface area contributed by atoms with Crippen LogP contribution in [0.15, 0.2) is 16.8 Å². The van der Waals surface area contributed by atoms with E-state index in [2.05, 4.69) is 20.4 Å². The minimum atomic E-state index is 0.585. The van der Waals surface area contributed by atoms with Gasteiger partial charge >= 0.3 is 0 Å². The molecule has 2 aromatic heterocycles. The number of anilines is 2. The summed E-state index contributed by atoms with van der Waals surface area (Å²) in [5.41, 5.74) is 7.40. The van der Waals surface area contributed by atoms with Gasteiger partial charge in [-0.1, -0.05) is 5.16 Å². The van der Waals surface area contributed by atoms with Crippen LogP contribution in [0.3, 0.4) is 0 Å². The summed E-state index contributed by atoms with van der Waals surface area (Å²) in [5.74, 6) is 2.08. The first-order valence-electron chi connectivity index (χ1n) is 5.40. The van der Waals surface area contributed by atoms with E-state index in [1.54, 1.807) is 13.1 Å². The maximum atomic E-state index is 5.69. The topological polar surface area (TPSA) is 89.9 Å². The van der Waals surface area contributed by atoms with E-state index in [1.807, 2.05) is 13.0 Å². The van der Waals surface area contributed by atoms with Crippen molar-refractivity contribution < 1.29 is 4.52 Å². The normalized spacial score (nSPS) is 10.5. The average molecular weight is 233 g/mol. The maximum Gasteiger partial charge on any atom is 0.223 e. The standard InChI is InChI=1S/C11H15N5O/c1-7-5-11(14-6-9(7)12)13-4-3-10-15-8(2)17-16-10/h5-6H,3-4,12H2,1-2H3,(H,13,14). The molecule has 0 aliphatic heterocycles. The van der Waals surface area contributed by atoms with Gasteiger partial charge in [0.05, 0.1) is 11.9 Å². The molecule has 3 N–H and O–H groups in total. The van der Waals surface area contributed by atoms with Crippen molar-refractivity contribution in [1.82, 2.24) is 15.1 Å². The predicted molar refractivity (Wildman–Crippen MR) is 64.6 cm³/mol. The van der Waals surface area contributed by atoms with Crippen LogP contribution in [0.1, 0.15) is 17.3 Å². The summed E-state index contributed by atoms with van der Waals surface area (Å²) in [4.78, 5) is 8.29. The van der Waals surface area contributed by atoms with Crippen LogP contribution in [0.25, 0.3) is 0 Å². The molecule has 2 rings (SSSR count). The van der Waals surface area contributed by atoms with Gasteiger partial charge in [0.25, 0.3) is 0 Å². The molecule has 0 unspecified atom stereocenters. The summed E-state index contributed by atoms with van der Waals surface area (Å²) in [6, 6.07) is 1.91. The Morgan fingerprint density at radius 3 is 2.88 bits per heavy atom. The van der Waals surface area contributed by atoms with Crippen molar-refractivity contribution in [2.24, 2.45) is 0 Å². The van der Waals surface area contributed by atoms with E-state index in [9.17, 15) is 0 Å². The monoisotopic (exact) mass is 233 g/mol. The molecule has 0 bridgehead atoms. The van der Waals surface area contributed by atoms with Gasteiger partial charge in [0, 0.05) is 19.9 Å². The largest absolute Gasteiger partial charge is 0.397 e. The number of nitrogens with zero attached hydrogens (tertiary/aromatic N) is 3. The lowest BCUT2D eigenvalue weighted by Gasteiger charge is -2.05. The van der Waals surface area contributed by atoms with Crippen molar-refractivity contribution in [2.45, 2.75) is 20.3 Å². The molecule has 0 saturated carbocycles. The number of aromatic nitrogens is 3. The molecule has 0 aliphatic rings. The number of rotatable bonds is 4. The third kappa shape index (κ3) is 2.93. The van der Waals surface area contributed by atoms with E-state index in [0.29, 0.717) is 30.4 Å². The summed E-state index contributed by atoms with van der Waals surface area (Å²) in [6.07, 6.45) is 2.35. The highest BCUT2D eigenvalue weighted by Crippen LogP contribution is 2.12. The molecule has 6 nitrogen and oxygen atoms in total. The maximum absolute atomic E-state index is 5.69. The first-order chi connectivity index (χ1) is 8.15. The van der Waals surface area contributed by atoms with Gasteiger partial charge in [-0.2, -0.15) is 4.98 Å². The smallest absolute Gasteiger partial charge is 0.223 e. The Balaban J connectivity index is 1.87. The first-order valence-corrected chi connectivity index (χ1v) is 5.40. The van der Waals surface area contributed by atoms with Crippen LogP contribution in [-0.4, -0.2) is 21.7 Å². The number of hydrogen-bond donors (Lipinski definition) is 2. The molecular weight excluding hydrogens is 218 g/mol. The minimum absolute atomic E-state index is 0.585. The fraction of sp³-hybridized carbons (Fsp3) is 0.364. The van der Waals surface area contributed by atoms with Gasteiger partial charge in [-0.25, -0.2) is 4.98 Å². The van der Waals surface area contributed by atoms with Crippen LogP contribution >= 0.6 is 0 Å². The lowest BCUT2D eigenvalue weighted by molar-refractivity contribution is 0.387. The molecule has 90 valence electrons. The summed E-state index contributed by atoms with van der Waals surface area (Å²) >= 11 is 0. The second kappa shape index (κ2) is 4.82. The average Bonchev–Trinajstić information content (AvgIpc) is 2.70. The minimum Gasteiger partial charge on any atom is -0.397 e. The van der Waals surface area contributed by atoms with Gasteiger partial charge in [0.15, 0.2) is 5.82 Å². The molecule has 0 aliphatic carbocycles. The van der Waals surface area contributed by atoms with Crippen LogP contribution in [0, 0.1) is 13.8 Å². The second-order valence-corrected chi connectivity index (χ2v) is 3.83. The lowest BCUT2D eigenvalue weighted by atomic mass is 10.2. The fourth-order valence-corrected chi connectivity index (χ4v) is 1.41. The Kier molecular flexibility index (Phi) is 3.22. The van der Waals surface area contributed by atoms with Crippen molar-refractivity contribution in [3.63, 3.8) is 0 Å². The highest BCUT2D eigenvalue weighted by atomic mass is 16.5. The molecule has 0 saturated heterocycles. The van der Waals surface area contributed by atoms with Gasteiger partial charge in [-0.15, -0.1) is 0 Å². The van der Waals surface area contributed by atoms with Crippen LogP contribution < -0.4 is 11.1 Å². The SMILES string of the molecule is Cc1nc(CCNc2cc(C)c(N)cn2)no1. The molecule has 0 atom stereocenters. The lowest BCUT2D eigenvalue weighted by Crippen LogP contribution is -2.07. The molecule has 2 aromatic rings. The Hall–Kier alpha value is -2.11. The summed E-state index contributed by atoms with van der Waals surface area (Å²) < 4.78 is 4.88. The Morgan fingerprint density at radius 2 is 2.24 bits per heavy atom. The number of aryl methyl sites for hydroxylation is 2. The number of nitrogens with two attached hydrogens (primary N) is 1. The highest BCUT2D eigenvalue weighted by molar-refractivity contribution is 5.50. The Labute approximate surface area is 99.2 Å². The number of nitrogens with one attached hydrogen (secondary N) is 1. The number of nitrogen functional groups attached to an aromatic ring is 1. The summed E-state index contributed by atoms with van der Waals surface area (Å²) in [6.45, 7) is 4.43. The van der Waals surface area contributed by atoms with E-state index >= 15 is 0 Å². The van der Waals surface area contributed by atoms with Crippen LogP contribution in [0.5, 0.6) is 0 Å². The predicted octanol–water partition coefficient (Wildman–Crippen LogP) is 1.32. The quantitative estimate of drug-likeness (QED) is 0.827. The molecule has 17 heavy (non-hydrogen) atoms. The molecule has 0 radical (unpaired) electrons. The molecule has 0 fully saturated rings. The van der Waals surface area contributed by atoms with Gasteiger partial charge in [0.2, 0.25) is 5.89 Å². The van der Waals surface area contributed by atoms with Gasteiger partial charge in [-0.05, 0) is 18.6 Å². The van der Waals surface area contributed by atoms with Crippen molar-refractivity contribution in [1.29, 1.82) is 0 Å². The molecule has 6 heteroatoms. The van der Waals surface area contributed by atoms with Crippen molar-refractivity contribution in [2.75, 3.05) is 17.6 Å². The van der Waals surface area contributed by atoms with Gasteiger partial charge < -0.3 is 15.6 Å². The zero-order chi connectivity index (χ0) is 12.3. The second-order valence-electron chi connectivity index (χ2n) is 3.83. The molecule has 0 amide bonds. The summed E-state index contributed by atoms with van der Waals surface area (Å²) in [7, 11) is 0. The van der Waals surface area contributed by atoms with E-state index in [1.165, 1.54) is 0 Å². The Bertz CT molecular complexity index is 508.